The minimum Gasteiger partial charge on any atom is -0.382 e. The lowest BCUT2D eigenvalue weighted by atomic mass is 10.1. The summed E-state index contributed by atoms with van der Waals surface area (Å²) in [6, 6.07) is 4.18. The fraction of sp³-hybridized carbons (Fsp3) is 0.478. The van der Waals surface area contributed by atoms with Crippen LogP contribution in [0, 0.1) is 11.8 Å². The van der Waals surface area contributed by atoms with Crippen LogP contribution in [0.25, 0.3) is 0 Å². The summed E-state index contributed by atoms with van der Waals surface area (Å²) in [6.45, 7) is 11.8. The fourth-order valence-electron chi connectivity index (χ4n) is 2.72. The molecule has 0 saturated heterocycles. The number of nitrogens with one attached hydrogen (secondary N) is 3. The molecule has 0 saturated carbocycles. The van der Waals surface area contributed by atoms with Gasteiger partial charge in [-0.15, -0.1) is 0 Å². The highest BCUT2D eigenvalue weighted by Gasteiger charge is 2.21. The highest BCUT2D eigenvalue weighted by molar-refractivity contribution is 7.86. The summed E-state index contributed by atoms with van der Waals surface area (Å²) in [7, 11) is -3.86. The summed E-state index contributed by atoms with van der Waals surface area (Å²) in [5, 5.41) is 8.99. The average Bonchev–Trinajstić information content (AvgIpc) is 2.73. The van der Waals surface area contributed by atoms with Crippen molar-refractivity contribution < 1.29 is 22.2 Å². The Bertz CT molecular complexity index is 1180. The van der Waals surface area contributed by atoms with Crippen LogP contribution in [0.2, 0.25) is 0 Å². The Labute approximate surface area is 206 Å². The Kier molecular flexibility index (Phi) is 9.02. The third kappa shape index (κ3) is 8.09. The van der Waals surface area contributed by atoms with Crippen molar-refractivity contribution in [1.29, 1.82) is 0 Å². The van der Waals surface area contributed by atoms with Gasteiger partial charge in [-0.3, -0.25) is 9.59 Å². The Hall–Kier alpha value is -3.41. The first-order valence-electron chi connectivity index (χ1n) is 11.2. The number of benzene rings is 1. The standard InChI is InChI=1S/C23H34N6O5S/c1-12(2)14(5)26-21-18(20(24)30)11-25-23(29-21)28-16-8-9-19(34-35(7,32)33)17(10-16)22(31)27-15(6)13(3)4/h8-15H,1-7H3,(H2,24,30)(H,27,31)(H2,25,26,28,29). The first-order chi connectivity index (χ1) is 16.2. The van der Waals surface area contributed by atoms with Crippen LogP contribution in [-0.2, 0) is 10.1 Å². The zero-order valence-corrected chi connectivity index (χ0v) is 21.9. The van der Waals surface area contributed by atoms with Crippen LogP contribution in [0.3, 0.4) is 0 Å². The second kappa shape index (κ2) is 11.3. The second-order valence-electron chi connectivity index (χ2n) is 9.13. The van der Waals surface area contributed by atoms with Gasteiger partial charge in [-0.25, -0.2) is 4.98 Å². The van der Waals surface area contributed by atoms with Crippen LogP contribution < -0.4 is 25.9 Å². The lowest BCUT2D eigenvalue weighted by Gasteiger charge is -2.20. The van der Waals surface area contributed by atoms with E-state index < -0.39 is 21.9 Å². The molecule has 2 rings (SSSR count). The maximum atomic E-state index is 12.9. The van der Waals surface area contributed by atoms with E-state index in [9.17, 15) is 18.0 Å². The molecule has 0 radical (unpaired) electrons. The maximum absolute atomic E-state index is 12.9. The molecule has 0 fully saturated rings. The molecule has 12 heteroatoms. The molecule has 5 N–H and O–H groups in total. The van der Waals surface area contributed by atoms with E-state index in [1.165, 1.54) is 24.4 Å². The van der Waals surface area contributed by atoms with Gasteiger partial charge in [0, 0.05) is 24.0 Å². The normalized spacial score (nSPS) is 13.3. The predicted octanol–water partition coefficient (Wildman–Crippen LogP) is 2.89. The van der Waals surface area contributed by atoms with Crippen LogP contribution in [0.4, 0.5) is 17.5 Å². The molecule has 1 aromatic carbocycles. The van der Waals surface area contributed by atoms with E-state index in [2.05, 4.69) is 25.9 Å². The van der Waals surface area contributed by atoms with Crippen molar-refractivity contribution in [2.75, 3.05) is 16.9 Å². The molecular weight excluding hydrogens is 472 g/mol. The molecule has 2 amide bonds. The zero-order valence-electron chi connectivity index (χ0n) is 21.0. The van der Waals surface area contributed by atoms with Crippen molar-refractivity contribution in [3.05, 3.63) is 35.5 Å². The molecule has 11 nitrogen and oxygen atoms in total. The van der Waals surface area contributed by atoms with E-state index in [1.807, 2.05) is 41.5 Å². The monoisotopic (exact) mass is 506 g/mol. The van der Waals surface area contributed by atoms with Crippen molar-refractivity contribution in [2.45, 2.75) is 53.6 Å². The highest BCUT2D eigenvalue weighted by atomic mass is 32.2. The summed E-state index contributed by atoms with van der Waals surface area (Å²) in [5.74, 6) is -0.425. The van der Waals surface area contributed by atoms with Gasteiger partial charge in [0.2, 0.25) is 5.95 Å². The molecule has 1 aromatic heterocycles. The van der Waals surface area contributed by atoms with Crippen LogP contribution in [0.5, 0.6) is 5.75 Å². The second-order valence-corrected chi connectivity index (χ2v) is 10.7. The maximum Gasteiger partial charge on any atom is 0.306 e. The van der Waals surface area contributed by atoms with Gasteiger partial charge in [-0.05, 0) is 43.9 Å². The van der Waals surface area contributed by atoms with E-state index >= 15 is 0 Å². The van der Waals surface area contributed by atoms with Gasteiger partial charge in [0.05, 0.1) is 17.4 Å². The molecule has 1 heterocycles. The average molecular weight is 507 g/mol. The third-order valence-electron chi connectivity index (χ3n) is 5.50. The molecule has 2 unspecified atom stereocenters. The number of nitrogens with zero attached hydrogens (tertiary/aromatic N) is 2. The first-order valence-corrected chi connectivity index (χ1v) is 13.0. The van der Waals surface area contributed by atoms with Crippen molar-refractivity contribution in [3.8, 4) is 5.75 Å². The van der Waals surface area contributed by atoms with Crippen LogP contribution in [-0.4, -0.2) is 48.5 Å². The Morgan fingerprint density at radius 3 is 2.17 bits per heavy atom. The van der Waals surface area contributed by atoms with Gasteiger partial charge in [0.1, 0.15) is 5.82 Å². The van der Waals surface area contributed by atoms with Gasteiger partial charge in [-0.1, -0.05) is 27.7 Å². The molecule has 0 spiro atoms. The van der Waals surface area contributed by atoms with E-state index in [1.54, 1.807) is 0 Å². The van der Waals surface area contributed by atoms with Gasteiger partial charge >= 0.3 is 10.1 Å². The molecule has 2 atom stereocenters. The van der Waals surface area contributed by atoms with Crippen LogP contribution >= 0.6 is 0 Å². The number of rotatable bonds is 11. The predicted molar refractivity (Wildman–Crippen MR) is 135 cm³/mol. The lowest BCUT2D eigenvalue weighted by molar-refractivity contribution is 0.0928. The van der Waals surface area contributed by atoms with Gasteiger partial charge in [-0.2, -0.15) is 13.4 Å². The van der Waals surface area contributed by atoms with Crippen molar-refractivity contribution in [2.24, 2.45) is 17.6 Å². The Morgan fingerprint density at radius 2 is 1.63 bits per heavy atom. The van der Waals surface area contributed by atoms with E-state index in [0.717, 1.165) is 6.26 Å². The van der Waals surface area contributed by atoms with Crippen LogP contribution in [0.1, 0.15) is 62.3 Å². The molecular formula is C23H34N6O5S. The number of hydrogen-bond donors (Lipinski definition) is 4. The van der Waals surface area contributed by atoms with E-state index in [4.69, 9.17) is 9.92 Å². The Balaban J connectivity index is 2.43. The number of hydrogen-bond acceptors (Lipinski definition) is 9. The van der Waals surface area contributed by atoms with Gasteiger partial charge in [0.15, 0.2) is 5.75 Å². The van der Waals surface area contributed by atoms with Crippen LogP contribution in [0.15, 0.2) is 24.4 Å². The first kappa shape index (κ1) is 27.8. The number of aromatic nitrogens is 2. The van der Waals surface area contributed by atoms with E-state index in [0.29, 0.717) is 5.69 Å². The summed E-state index contributed by atoms with van der Waals surface area (Å²) >= 11 is 0. The highest BCUT2D eigenvalue weighted by Crippen LogP contribution is 2.27. The number of anilines is 3. The summed E-state index contributed by atoms with van der Waals surface area (Å²) in [6.07, 6.45) is 2.21. The number of carbonyl (C=O) groups excluding carboxylic acids is 2. The lowest BCUT2D eigenvalue weighted by Crippen LogP contribution is -2.36. The van der Waals surface area contributed by atoms with Crippen molar-refractivity contribution >= 4 is 39.4 Å². The zero-order chi connectivity index (χ0) is 26.5. The molecule has 2 aromatic rings. The SMILES string of the molecule is CC(C)C(C)NC(=O)c1cc(Nc2ncc(C(N)=O)c(NC(C)C(C)C)n2)ccc1OS(C)(=O)=O. The molecule has 35 heavy (non-hydrogen) atoms. The van der Waals surface area contributed by atoms with Crippen molar-refractivity contribution in [3.63, 3.8) is 0 Å². The third-order valence-corrected chi connectivity index (χ3v) is 5.98. The molecule has 0 bridgehead atoms. The largest absolute Gasteiger partial charge is 0.382 e. The molecule has 0 aliphatic heterocycles. The smallest absolute Gasteiger partial charge is 0.306 e. The van der Waals surface area contributed by atoms with Crippen molar-refractivity contribution in [1.82, 2.24) is 15.3 Å². The minimum absolute atomic E-state index is 0.00141. The summed E-state index contributed by atoms with van der Waals surface area (Å²) in [4.78, 5) is 33.3. The molecule has 0 aliphatic carbocycles. The number of nitrogens with two attached hydrogens (primary N) is 1. The molecule has 192 valence electrons. The number of amides is 2. The number of primary amides is 1. The molecule has 0 aliphatic rings. The van der Waals surface area contributed by atoms with E-state index in [-0.39, 0.29) is 52.6 Å². The van der Waals surface area contributed by atoms with Gasteiger partial charge in [0.25, 0.3) is 11.8 Å². The summed E-state index contributed by atoms with van der Waals surface area (Å²) < 4.78 is 28.4. The fourth-order valence-corrected chi connectivity index (χ4v) is 3.19. The van der Waals surface area contributed by atoms with Gasteiger partial charge < -0.3 is 25.9 Å². The number of carbonyl (C=O) groups is 2. The minimum atomic E-state index is -3.86. The Morgan fingerprint density at radius 1 is 1.00 bits per heavy atom. The quantitative estimate of drug-likeness (QED) is 0.335. The summed E-state index contributed by atoms with van der Waals surface area (Å²) in [5.41, 5.74) is 6.03. The topological polar surface area (TPSA) is 165 Å².